The van der Waals surface area contributed by atoms with Crippen LogP contribution in [0.5, 0.6) is 0 Å². The van der Waals surface area contributed by atoms with E-state index in [4.69, 9.17) is 5.73 Å². The Hall–Kier alpha value is -1.56. The van der Waals surface area contributed by atoms with Gasteiger partial charge in [-0.2, -0.15) is 0 Å². The Balaban J connectivity index is 2.17. The van der Waals surface area contributed by atoms with Crippen LogP contribution in [-0.2, 0) is 0 Å². The Morgan fingerprint density at radius 1 is 1.29 bits per heavy atom. The van der Waals surface area contributed by atoms with Gasteiger partial charge in [0.25, 0.3) is 5.91 Å². The molecule has 3 N–H and O–H groups in total. The van der Waals surface area contributed by atoms with Crippen LogP contribution in [0.1, 0.15) is 43.0 Å². The van der Waals surface area contributed by atoms with Crippen LogP contribution in [0.3, 0.4) is 0 Å². The van der Waals surface area contributed by atoms with Gasteiger partial charge in [0.2, 0.25) is 0 Å². The van der Waals surface area contributed by atoms with Crippen molar-refractivity contribution < 1.29 is 18.0 Å². The molecule has 116 valence electrons. The fourth-order valence-corrected chi connectivity index (χ4v) is 2.69. The predicted octanol–water partition coefficient (Wildman–Crippen LogP) is 2.74. The number of amides is 1. The van der Waals surface area contributed by atoms with Gasteiger partial charge in [-0.05, 0) is 43.7 Å². The van der Waals surface area contributed by atoms with E-state index in [2.05, 4.69) is 12.2 Å². The lowest BCUT2D eigenvalue weighted by Crippen LogP contribution is -2.55. The second-order valence-electron chi connectivity index (χ2n) is 5.87. The summed E-state index contributed by atoms with van der Waals surface area (Å²) in [5.74, 6) is -4.39. The molecular weight excluding hydrogens is 281 g/mol. The number of nitrogens with one attached hydrogen (secondary N) is 1. The third-order valence-corrected chi connectivity index (χ3v) is 4.25. The monoisotopic (exact) mass is 300 g/mol. The lowest BCUT2D eigenvalue weighted by Gasteiger charge is -2.39. The van der Waals surface area contributed by atoms with E-state index in [1.807, 2.05) is 0 Å². The number of carbonyl (C=O) groups excluding carboxylic acids is 1. The topological polar surface area (TPSA) is 55.1 Å². The molecule has 0 saturated heterocycles. The van der Waals surface area contributed by atoms with Gasteiger partial charge in [0, 0.05) is 12.1 Å². The fraction of sp³-hybridized carbons (Fsp3) is 0.533. The lowest BCUT2D eigenvalue weighted by atomic mass is 9.77. The highest BCUT2D eigenvalue weighted by atomic mass is 19.2. The van der Waals surface area contributed by atoms with Gasteiger partial charge in [0.15, 0.2) is 17.5 Å². The van der Waals surface area contributed by atoms with E-state index < -0.39 is 28.9 Å². The molecule has 3 nitrogen and oxygen atoms in total. The van der Waals surface area contributed by atoms with Crippen molar-refractivity contribution in [1.82, 2.24) is 5.32 Å². The van der Waals surface area contributed by atoms with Crippen LogP contribution in [0.4, 0.5) is 13.2 Å². The predicted molar refractivity (Wildman–Crippen MR) is 73.2 cm³/mol. The first-order valence-electron chi connectivity index (χ1n) is 7.04. The number of hydrogen-bond acceptors (Lipinski definition) is 2. The summed E-state index contributed by atoms with van der Waals surface area (Å²) in [4.78, 5) is 12.2. The summed E-state index contributed by atoms with van der Waals surface area (Å²) in [6.07, 6.45) is 3.32. The Morgan fingerprint density at radius 3 is 2.29 bits per heavy atom. The first-order valence-corrected chi connectivity index (χ1v) is 7.04. The van der Waals surface area contributed by atoms with Gasteiger partial charge in [-0.1, -0.05) is 6.92 Å². The number of carbonyl (C=O) groups is 1. The van der Waals surface area contributed by atoms with Gasteiger partial charge in [-0.25, -0.2) is 13.2 Å². The average molecular weight is 300 g/mol. The van der Waals surface area contributed by atoms with E-state index >= 15 is 0 Å². The fourth-order valence-electron chi connectivity index (χ4n) is 2.69. The maximum absolute atomic E-state index is 13.2. The number of rotatable bonds is 3. The summed E-state index contributed by atoms with van der Waals surface area (Å²) < 4.78 is 39.3. The van der Waals surface area contributed by atoms with E-state index in [0.29, 0.717) is 18.1 Å². The molecule has 0 radical (unpaired) electrons. The molecule has 0 aliphatic heterocycles. The molecule has 0 heterocycles. The Bertz CT molecular complexity index is 517. The number of halogens is 3. The molecule has 1 fully saturated rings. The van der Waals surface area contributed by atoms with Gasteiger partial charge < -0.3 is 11.1 Å². The van der Waals surface area contributed by atoms with Crippen molar-refractivity contribution in [3.8, 4) is 0 Å². The first-order chi connectivity index (χ1) is 9.87. The van der Waals surface area contributed by atoms with Gasteiger partial charge in [0.05, 0.1) is 5.54 Å². The zero-order chi connectivity index (χ0) is 15.6. The van der Waals surface area contributed by atoms with E-state index in [0.717, 1.165) is 25.7 Å². The molecule has 1 aromatic carbocycles. The smallest absolute Gasteiger partial charge is 0.251 e. The van der Waals surface area contributed by atoms with Gasteiger partial charge >= 0.3 is 0 Å². The van der Waals surface area contributed by atoms with Crippen molar-refractivity contribution in [3.63, 3.8) is 0 Å². The van der Waals surface area contributed by atoms with Crippen molar-refractivity contribution in [3.05, 3.63) is 35.1 Å². The molecular formula is C15H19F3N2O. The second-order valence-corrected chi connectivity index (χ2v) is 5.87. The Kier molecular flexibility index (Phi) is 4.56. The average Bonchev–Trinajstić information content (AvgIpc) is 2.47. The van der Waals surface area contributed by atoms with Crippen molar-refractivity contribution in [2.45, 2.75) is 38.1 Å². The highest BCUT2D eigenvalue weighted by Crippen LogP contribution is 2.31. The number of nitrogens with two attached hydrogens (primary N) is 1. The maximum Gasteiger partial charge on any atom is 0.251 e. The van der Waals surface area contributed by atoms with Crippen LogP contribution in [0, 0.1) is 23.4 Å². The molecule has 0 bridgehead atoms. The van der Waals surface area contributed by atoms with Crippen LogP contribution in [0.25, 0.3) is 0 Å². The second kappa shape index (κ2) is 6.05. The van der Waals surface area contributed by atoms with Crippen LogP contribution in [0.2, 0.25) is 0 Å². The van der Waals surface area contributed by atoms with Crippen LogP contribution >= 0.6 is 0 Å². The normalized spacial score (nSPS) is 25.7. The van der Waals surface area contributed by atoms with Crippen LogP contribution < -0.4 is 11.1 Å². The summed E-state index contributed by atoms with van der Waals surface area (Å²) in [5.41, 5.74) is 4.98. The summed E-state index contributed by atoms with van der Waals surface area (Å²) in [7, 11) is 0. The maximum atomic E-state index is 13.2. The minimum Gasteiger partial charge on any atom is -0.345 e. The molecule has 21 heavy (non-hydrogen) atoms. The van der Waals surface area contributed by atoms with Gasteiger partial charge in [-0.3, -0.25) is 4.79 Å². The van der Waals surface area contributed by atoms with E-state index in [-0.39, 0.29) is 12.1 Å². The molecule has 0 spiro atoms. The van der Waals surface area contributed by atoms with Crippen molar-refractivity contribution in [1.29, 1.82) is 0 Å². The van der Waals surface area contributed by atoms with Gasteiger partial charge in [0.1, 0.15) is 0 Å². The first kappa shape index (κ1) is 15.8. The van der Waals surface area contributed by atoms with Crippen molar-refractivity contribution in [2.24, 2.45) is 11.7 Å². The van der Waals surface area contributed by atoms with Crippen molar-refractivity contribution in [2.75, 3.05) is 6.54 Å². The molecule has 1 aliphatic carbocycles. The zero-order valence-corrected chi connectivity index (χ0v) is 11.9. The highest BCUT2D eigenvalue weighted by molar-refractivity contribution is 5.94. The Morgan fingerprint density at radius 2 is 1.81 bits per heavy atom. The summed E-state index contributed by atoms with van der Waals surface area (Å²) >= 11 is 0. The molecule has 1 aliphatic rings. The molecule has 0 unspecified atom stereocenters. The van der Waals surface area contributed by atoms with Crippen molar-refractivity contribution >= 4 is 5.91 Å². The highest BCUT2D eigenvalue weighted by Gasteiger charge is 2.34. The summed E-state index contributed by atoms with van der Waals surface area (Å²) in [5, 5.41) is 2.77. The van der Waals surface area contributed by atoms with E-state index in [1.54, 1.807) is 0 Å². The molecule has 1 saturated carbocycles. The van der Waals surface area contributed by atoms with E-state index in [9.17, 15) is 18.0 Å². The third kappa shape index (κ3) is 3.37. The SMILES string of the molecule is CC1CCC(CN)(NC(=O)c2cc(F)c(F)c(F)c2)CC1. The largest absolute Gasteiger partial charge is 0.345 e. The standard InChI is InChI=1S/C15H19F3N2O/c1-9-2-4-15(8-19,5-3-9)20-14(21)10-6-11(16)13(18)12(17)7-10/h6-7,9H,2-5,8,19H2,1H3,(H,20,21). The minimum absolute atomic E-state index is 0.238. The number of hydrogen-bond donors (Lipinski definition) is 2. The molecule has 6 heteroatoms. The lowest BCUT2D eigenvalue weighted by molar-refractivity contribution is 0.0859. The van der Waals surface area contributed by atoms with Gasteiger partial charge in [-0.15, -0.1) is 0 Å². The molecule has 0 aromatic heterocycles. The van der Waals surface area contributed by atoms with Crippen LogP contribution in [0.15, 0.2) is 12.1 Å². The number of benzene rings is 1. The third-order valence-electron chi connectivity index (χ3n) is 4.25. The molecule has 0 atom stereocenters. The summed E-state index contributed by atoms with van der Waals surface area (Å²) in [6, 6.07) is 1.40. The summed E-state index contributed by atoms with van der Waals surface area (Å²) in [6.45, 7) is 2.39. The quantitative estimate of drug-likeness (QED) is 0.843. The molecule has 1 amide bonds. The minimum atomic E-state index is -1.58. The molecule has 2 rings (SSSR count). The Labute approximate surface area is 121 Å². The van der Waals surface area contributed by atoms with Crippen LogP contribution in [-0.4, -0.2) is 18.0 Å². The molecule has 1 aromatic rings. The zero-order valence-electron chi connectivity index (χ0n) is 11.9. The van der Waals surface area contributed by atoms with E-state index in [1.165, 1.54) is 0 Å².